The van der Waals surface area contributed by atoms with Gasteiger partial charge in [-0.25, -0.2) is 0 Å². The number of thiophene rings is 1. The molecule has 0 saturated heterocycles. The van der Waals surface area contributed by atoms with E-state index >= 15 is 0 Å². The number of hydrogen-bond donors (Lipinski definition) is 0. The van der Waals surface area contributed by atoms with Gasteiger partial charge in [-0.15, -0.1) is 11.3 Å². The summed E-state index contributed by atoms with van der Waals surface area (Å²) >= 11 is 11.7. The maximum Gasteiger partial charge on any atom is 0.196 e. The summed E-state index contributed by atoms with van der Waals surface area (Å²) in [5, 5.41) is 0. The Bertz CT molecular complexity index is 712. The van der Waals surface area contributed by atoms with Gasteiger partial charge in [-0.1, -0.05) is 0 Å². The molecule has 1 aliphatic rings. The molecule has 1 aromatic heterocycles. The molecule has 0 fully saturated rings. The summed E-state index contributed by atoms with van der Waals surface area (Å²) in [6.45, 7) is 1.21. The zero-order valence-electron chi connectivity index (χ0n) is 10.6. The van der Waals surface area contributed by atoms with Gasteiger partial charge in [-0.3, -0.25) is 4.79 Å². The Morgan fingerprint density at radius 2 is 1.67 bits per heavy atom. The lowest BCUT2D eigenvalue weighted by Crippen LogP contribution is -2.03. The van der Waals surface area contributed by atoms with Crippen molar-refractivity contribution in [3.63, 3.8) is 0 Å². The third-order valence-electron chi connectivity index (χ3n) is 2.98. The number of rotatable bonds is 2. The standard InChI is InChI=1S/C14H9Br3O3S/c15-9-6-11-10(19-2-1-3-20-11)4-7(9)13(18)8-5-12(16)21-14(8)17/h4-6H,1-3H2. The smallest absolute Gasteiger partial charge is 0.196 e. The number of ketones is 1. The Labute approximate surface area is 151 Å². The van der Waals surface area contributed by atoms with Crippen LogP contribution >= 0.6 is 59.1 Å². The highest BCUT2D eigenvalue weighted by atomic mass is 79.9. The Hall–Kier alpha value is -0.370. The van der Waals surface area contributed by atoms with Crippen LogP contribution in [0, 0.1) is 0 Å². The molecule has 0 saturated carbocycles. The second kappa shape index (κ2) is 6.40. The SMILES string of the molecule is O=C(c1cc2c(cc1Br)OCCCO2)c1cc(Br)sc1Br. The summed E-state index contributed by atoms with van der Waals surface area (Å²) in [4.78, 5) is 12.7. The second-order valence-corrected chi connectivity index (χ2v) is 9.00. The fraction of sp³-hybridized carbons (Fsp3) is 0.214. The molecule has 110 valence electrons. The van der Waals surface area contributed by atoms with E-state index in [4.69, 9.17) is 9.47 Å². The van der Waals surface area contributed by atoms with Crippen LogP contribution in [0.5, 0.6) is 11.5 Å². The number of carbonyl (C=O) groups is 1. The molecular weight excluding hydrogens is 488 g/mol. The van der Waals surface area contributed by atoms with Crippen LogP contribution in [0.15, 0.2) is 30.2 Å². The maximum atomic E-state index is 12.7. The fourth-order valence-electron chi connectivity index (χ4n) is 2.00. The molecule has 0 N–H and O–H groups in total. The molecule has 0 bridgehead atoms. The van der Waals surface area contributed by atoms with Gasteiger partial charge in [-0.05, 0) is 66.0 Å². The first-order valence-electron chi connectivity index (χ1n) is 6.15. The minimum atomic E-state index is -0.0636. The molecule has 2 heterocycles. The van der Waals surface area contributed by atoms with Crippen LogP contribution in [0.3, 0.4) is 0 Å². The highest BCUT2D eigenvalue weighted by Gasteiger charge is 2.21. The van der Waals surface area contributed by atoms with Gasteiger partial charge in [0.1, 0.15) is 0 Å². The van der Waals surface area contributed by atoms with Gasteiger partial charge < -0.3 is 9.47 Å². The lowest BCUT2D eigenvalue weighted by molar-refractivity contribution is 0.103. The van der Waals surface area contributed by atoms with Crippen molar-refractivity contribution < 1.29 is 14.3 Å². The van der Waals surface area contributed by atoms with E-state index in [1.165, 1.54) is 11.3 Å². The largest absolute Gasteiger partial charge is 0.490 e. The molecule has 2 aromatic rings. The number of benzene rings is 1. The third kappa shape index (κ3) is 3.21. The number of halogens is 3. The van der Waals surface area contributed by atoms with Crippen LogP contribution in [-0.2, 0) is 0 Å². The molecule has 7 heteroatoms. The molecule has 21 heavy (non-hydrogen) atoms. The number of fused-ring (bicyclic) bond motifs is 1. The normalized spacial score (nSPS) is 13.9. The van der Waals surface area contributed by atoms with E-state index < -0.39 is 0 Å². The zero-order chi connectivity index (χ0) is 15.0. The lowest BCUT2D eigenvalue weighted by atomic mass is 10.1. The van der Waals surface area contributed by atoms with Gasteiger partial charge in [0.15, 0.2) is 17.3 Å². The Morgan fingerprint density at radius 3 is 2.29 bits per heavy atom. The maximum absolute atomic E-state index is 12.7. The first-order chi connectivity index (χ1) is 10.1. The molecule has 0 amide bonds. The van der Waals surface area contributed by atoms with Crippen LogP contribution < -0.4 is 9.47 Å². The van der Waals surface area contributed by atoms with Crippen molar-refractivity contribution in [1.29, 1.82) is 0 Å². The highest BCUT2D eigenvalue weighted by molar-refractivity contribution is 9.12. The van der Waals surface area contributed by atoms with Crippen LogP contribution in [-0.4, -0.2) is 19.0 Å². The average molecular weight is 497 g/mol. The van der Waals surface area contributed by atoms with Crippen molar-refractivity contribution in [2.75, 3.05) is 13.2 Å². The van der Waals surface area contributed by atoms with Crippen LogP contribution in [0.1, 0.15) is 22.3 Å². The van der Waals surface area contributed by atoms with E-state index in [-0.39, 0.29) is 5.78 Å². The summed E-state index contributed by atoms with van der Waals surface area (Å²) in [7, 11) is 0. The topological polar surface area (TPSA) is 35.5 Å². The zero-order valence-corrected chi connectivity index (χ0v) is 16.2. The number of hydrogen-bond acceptors (Lipinski definition) is 4. The van der Waals surface area contributed by atoms with E-state index in [2.05, 4.69) is 47.8 Å². The average Bonchev–Trinajstić information content (AvgIpc) is 2.64. The highest BCUT2D eigenvalue weighted by Crippen LogP contribution is 2.38. The minimum Gasteiger partial charge on any atom is -0.490 e. The van der Waals surface area contributed by atoms with Crippen LogP contribution in [0.2, 0.25) is 0 Å². The Balaban J connectivity index is 2.04. The predicted octanol–water partition coefficient (Wildman–Crippen LogP) is 5.43. The summed E-state index contributed by atoms with van der Waals surface area (Å²) in [6.07, 6.45) is 0.832. The molecule has 1 aromatic carbocycles. The van der Waals surface area contributed by atoms with E-state index in [1.807, 2.05) is 6.07 Å². The van der Waals surface area contributed by atoms with Crippen molar-refractivity contribution in [3.05, 3.63) is 41.4 Å². The fourth-order valence-corrected chi connectivity index (χ4v) is 5.29. The Morgan fingerprint density at radius 1 is 1.00 bits per heavy atom. The van der Waals surface area contributed by atoms with Crippen molar-refractivity contribution in [1.82, 2.24) is 0 Å². The van der Waals surface area contributed by atoms with Crippen LogP contribution in [0.4, 0.5) is 0 Å². The van der Waals surface area contributed by atoms with Gasteiger partial charge in [-0.2, -0.15) is 0 Å². The summed E-state index contributed by atoms with van der Waals surface area (Å²) in [5.74, 6) is 1.22. The van der Waals surface area contributed by atoms with Crippen LogP contribution in [0.25, 0.3) is 0 Å². The molecule has 0 aliphatic carbocycles. The van der Waals surface area contributed by atoms with Gasteiger partial charge in [0.2, 0.25) is 0 Å². The van der Waals surface area contributed by atoms with E-state index in [0.717, 1.165) is 14.0 Å². The van der Waals surface area contributed by atoms with E-state index in [0.29, 0.717) is 40.3 Å². The lowest BCUT2D eigenvalue weighted by Gasteiger charge is -2.11. The third-order valence-corrected chi connectivity index (χ3v) is 5.98. The molecule has 3 rings (SSSR count). The minimum absolute atomic E-state index is 0.0636. The molecular formula is C14H9Br3O3S. The van der Waals surface area contributed by atoms with E-state index in [9.17, 15) is 4.79 Å². The van der Waals surface area contributed by atoms with Gasteiger partial charge in [0, 0.05) is 22.0 Å². The number of ether oxygens (including phenoxy) is 2. The second-order valence-electron chi connectivity index (χ2n) is 4.40. The van der Waals surface area contributed by atoms with Crippen molar-refractivity contribution in [2.45, 2.75) is 6.42 Å². The summed E-state index contributed by atoms with van der Waals surface area (Å²) in [5.41, 5.74) is 1.19. The first kappa shape index (κ1) is 15.5. The van der Waals surface area contributed by atoms with Gasteiger partial charge >= 0.3 is 0 Å². The monoisotopic (exact) mass is 494 g/mol. The Kier molecular flexibility index (Phi) is 4.73. The van der Waals surface area contributed by atoms with Crippen molar-refractivity contribution in [3.8, 4) is 11.5 Å². The molecule has 3 nitrogen and oxygen atoms in total. The predicted molar refractivity (Wildman–Crippen MR) is 92.9 cm³/mol. The van der Waals surface area contributed by atoms with Crippen molar-refractivity contribution >= 4 is 64.9 Å². The number of carbonyl (C=O) groups excluding carboxylic acids is 1. The van der Waals surface area contributed by atoms with Gasteiger partial charge in [0.05, 0.1) is 20.8 Å². The molecule has 0 spiro atoms. The molecule has 0 unspecified atom stereocenters. The molecule has 0 radical (unpaired) electrons. The van der Waals surface area contributed by atoms with Crippen molar-refractivity contribution in [2.24, 2.45) is 0 Å². The quantitative estimate of drug-likeness (QED) is 0.520. The summed E-state index contributed by atoms with van der Waals surface area (Å²) < 4.78 is 13.7. The molecule has 0 atom stereocenters. The van der Waals surface area contributed by atoms with E-state index in [1.54, 1.807) is 12.1 Å². The molecule has 1 aliphatic heterocycles. The summed E-state index contributed by atoms with van der Waals surface area (Å²) in [6, 6.07) is 5.35. The van der Waals surface area contributed by atoms with Gasteiger partial charge in [0.25, 0.3) is 0 Å². The first-order valence-corrected chi connectivity index (χ1v) is 9.34.